The fraction of sp³-hybridized carbons (Fsp3) is 0.750. The van der Waals surface area contributed by atoms with Gasteiger partial charge >= 0.3 is 0 Å². The van der Waals surface area contributed by atoms with Crippen LogP contribution in [-0.4, -0.2) is 18.6 Å². The maximum Gasteiger partial charge on any atom is 0.0401 e. The van der Waals surface area contributed by atoms with Crippen molar-refractivity contribution in [1.82, 2.24) is 0 Å². The highest BCUT2D eigenvalue weighted by Crippen LogP contribution is 2.66. The van der Waals surface area contributed by atoms with Crippen LogP contribution in [0.3, 0.4) is 0 Å². The molecular formula is C20H37OP. The molecule has 0 saturated heterocycles. The van der Waals surface area contributed by atoms with Crippen LogP contribution in [0.4, 0.5) is 0 Å². The van der Waals surface area contributed by atoms with E-state index in [2.05, 4.69) is 81.4 Å². The van der Waals surface area contributed by atoms with Gasteiger partial charge < -0.3 is 4.52 Å². The Morgan fingerprint density at radius 1 is 0.818 bits per heavy atom. The molecule has 1 atom stereocenters. The lowest BCUT2D eigenvalue weighted by Gasteiger charge is -2.44. The van der Waals surface area contributed by atoms with Crippen LogP contribution in [0.1, 0.15) is 69.2 Å². The molecule has 0 aromatic carbocycles. The van der Waals surface area contributed by atoms with Crippen LogP contribution in [0.5, 0.6) is 0 Å². The van der Waals surface area contributed by atoms with Gasteiger partial charge in [0.05, 0.1) is 0 Å². The van der Waals surface area contributed by atoms with Crippen LogP contribution in [0.15, 0.2) is 23.0 Å². The quantitative estimate of drug-likeness (QED) is 0.512. The van der Waals surface area contributed by atoms with E-state index in [0.29, 0.717) is 0 Å². The van der Waals surface area contributed by atoms with Crippen LogP contribution < -0.4 is 0 Å². The van der Waals surface area contributed by atoms with E-state index in [9.17, 15) is 0 Å². The summed E-state index contributed by atoms with van der Waals surface area (Å²) in [5.74, 6) is 0. The van der Waals surface area contributed by atoms with Crippen molar-refractivity contribution in [3.63, 3.8) is 0 Å². The van der Waals surface area contributed by atoms with Gasteiger partial charge in [-0.3, -0.25) is 0 Å². The number of hydrogen-bond donors (Lipinski definition) is 0. The molecule has 0 aromatic heterocycles. The van der Waals surface area contributed by atoms with Crippen LogP contribution in [-0.2, 0) is 4.52 Å². The molecule has 1 unspecified atom stereocenters. The molecule has 0 spiro atoms. The van der Waals surface area contributed by atoms with Crippen molar-refractivity contribution >= 4 is 12.4 Å². The summed E-state index contributed by atoms with van der Waals surface area (Å²) in [5, 5.41) is 3.03. The average Bonchev–Trinajstić information content (AvgIpc) is 2.33. The maximum atomic E-state index is 6.33. The second kappa shape index (κ2) is 5.99. The topological polar surface area (TPSA) is 9.23 Å². The largest absolute Gasteiger partial charge is 0.360 e. The smallest absolute Gasteiger partial charge is 0.0401 e. The fourth-order valence-corrected chi connectivity index (χ4v) is 7.75. The van der Waals surface area contributed by atoms with E-state index in [1.165, 1.54) is 16.2 Å². The summed E-state index contributed by atoms with van der Waals surface area (Å²) in [6.07, 6.45) is 5.99. The summed E-state index contributed by atoms with van der Waals surface area (Å²) in [6, 6.07) is 0. The number of rotatable bonds is 2. The Kier molecular flexibility index (Phi) is 5.38. The van der Waals surface area contributed by atoms with E-state index in [1.54, 1.807) is 0 Å². The highest BCUT2D eigenvalue weighted by molar-refractivity contribution is 7.76. The molecule has 0 radical (unpaired) electrons. The molecule has 0 aromatic rings. The minimum absolute atomic E-state index is 0.126. The van der Waals surface area contributed by atoms with E-state index in [-0.39, 0.29) is 16.2 Å². The minimum atomic E-state index is -1.72. The molecule has 22 heavy (non-hydrogen) atoms. The van der Waals surface area contributed by atoms with Gasteiger partial charge in [-0.1, -0.05) is 81.4 Å². The van der Waals surface area contributed by atoms with Gasteiger partial charge in [0.25, 0.3) is 0 Å². The molecule has 0 fully saturated rings. The van der Waals surface area contributed by atoms with Crippen molar-refractivity contribution in [2.75, 3.05) is 13.3 Å². The normalized spacial score (nSPS) is 24.2. The van der Waals surface area contributed by atoms with E-state index in [4.69, 9.17) is 4.52 Å². The predicted molar refractivity (Wildman–Crippen MR) is 104 cm³/mol. The summed E-state index contributed by atoms with van der Waals surface area (Å²) in [7, 11) is 0.194. The maximum absolute atomic E-state index is 6.33. The number of allylic oxidation sites excluding steroid dienone is 4. The van der Waals surface area contributed by atoms with Crippen molar-refractivity contribution in [2.45, 2.75) is 69.2 Å². The van der Waals surface area contributed by atoms with Gasteiger partial charge in [-0.05, 0) is 38.6 Å². The molecule has 1 aliphatic heterocycles. The molecule has 2 heteroatoms. The lowest BCUT2D eigenvalue weighted by molar-refractivity contribution is 0.440. The van der Waals surface area contributed by atoms with Crippen molar-refractivity contribution in [3.05, 3.63) is 23.0 Å². The Bertz CT molecular complexity index is 529. The molecule has 1 rings (SSSR count). The van der Waals surface area contributed by atoms with Gasteiger partial charge in [0, 0.05) is 14.2 Å². The molecule has 1 heterocycles. The second-order valence-electron chi connectivity index (χ2n) is 9.50. The van der Waals surface area contributed by atoms with Gasteiger partial charge in [-0.15, -0.1) is 0 Å². The first kappa shape index (κ1) is 19.8. The summed E-state index contributed by atoms with van der Waals surface area (Å²) in [6.45, 7) is 23.2. The van der Waals surface area contributed by atoms with Gasteiger partial charge in [-0.2, -0.15) is 0 Å². The third-order valence-electron chi connectivity index (χ3n) is 4.52. The highest BCUT2D eigenvalue weighted by Gasteiger charge is 2.39. The van der Waals surface area contributed by atoms with Crippen LogP contribution in [0.2, 0.25) is 0 Å². The molecule has 0 saturated carbocycles. The van der Waals surface area contributed by atoms with E-state index < -0.39 is 7.11 Å². The first-order valence-corrected chi connectivity index (χ1v) is 10.4. The van der Waals surface area contributed by atoms with Crippen molar-refractivity contribution < 1.29 is 4.52 Å². The van der Waals surface area contributed by atoms with E-state index in [0.717, 1.165) is 6.16 Å². The summed E-state index contributed by atoms with van der Waals surface area (Å²) < 4.78 is 6.33. The lowest BCUT2D eigenvalue weighted by atomic mass is 9.81. The minimum Gasteiger partial charge on any atom is -0.360 e. The van der Waals surface area contributed by atoms with Gasteiger partial charge in [0.1, 0.15) is 0 Å². The average molecular weight is 324 g/mol. The SMILES string of the molecule is CCP1(OC)=C(C(C)(C)C)C=C(C(C)(C)C)C=C1C(C)(C)C. The van der Waals surface area contributed by atoms with Crippen molar-refractivity contribution in [3.8, 4) is 0 Å². The summed E-state index contributed by atoms with van der Waals surface area (Å²) in [5.41, 5.74) is 1.84. The molecule has 1 aliphatic rings. The van der Waals surface area contributed by atoms with Gasteiger partial charge in [-0.25, -0.2) is 0 Å². The first-order chi connectivity index (χ1) is 9.70. The second-order valence-corrected chi connectivity index (χ2v) is 12.9. The van der Waals surface area contributed by atoms with Crippen LogP contribution in [0, 0.1) is 16.2 Å². The Morgan fingerprint density at radius 2 is 1.32 bits per heavy atom. The van der Waals surface area contributed by atoms with Crippen LogP contribution in [0.25, 0.3) is 0 Å². The molecular weight excluding hydrogens is 287 g/mol. The van der Waals surface area contributed by atoms with E-state index in [1.807, 2.05) is 7.11 Å². The molecule has 128 valence electrons. The van der Waals surface area contributed by atoms with Crippen LogP contribution >= 0.6 is 7.11 Å². The van der Waals surface area contributed by atoms with Crippen molar-refractivity contribution in [1.29, 1.82) is 0 Å². The predicted octanol–water partition coefficient (Wildman–Crippen LogP) is 6.72. The molecule has 1 nitrogen and oxygen atoms in total. The Labute approximate surface area is 139 Å². The standard InChI is InChI=1S/C20H37OP/c1-12-22(21-11)16(19(5,6)7)13-15(18(2,3)4)14-17(22)20(8,9)10/h13-14H,12H2,1-11H3. The summed E-state index contributed by atoms with van der Waals surface area (Å²) in [4.78, 5) is 0. The number of hydrogen-bond acceptors (Lipinski definition) is 1. The van der Waals surface area contributed by atoms with Gasteiger partial charge in [0.15, 0.2) is 0 Å². The first-order valence-electron chi connectivity index (χ1n) is 8.47. The summed E-state index contributed by atoms with van der Waals surface area (Å²) >= 11 is 0. The van der Waals surface area contributed by atoms with E-state index >= 15 is 0 Å². The van der Waals surface area contributed by atoms with Gasteiger partial charge in [0.2, 0.25) is 0 Å². The fourth-order valence-electron chi connectivity index (χ4n) is 3.29. The Hall–Kier alpha value is -0.260. The molecule has 0 amide bonds. The third kappa shape index (κ3) is 3.62. The molecule has 0 N–H and O–H groups in total. The Morgan fingerprint density at radius 3 is 1.59 bits per heavy atom. The molecule has 0 aliphatic carbocycles. The third-order valence-corrected chi connectivity index (χ3v) is 9.19. The monoisotopic (exact) mass is 324 g/mol. The zero-order valence-corrected chi connectivity index (χ0v) is 17.6. The molecule has 0 bridgehead atoms. The Balaban J connectivity index is 3.92. The lowest BCUT2D eigenvalue weighted by Crippen LogP contribution is -2.28. The zero-order valence-electron chi connectivity index (χ0n) is 16.7. The highest BCUT2D eigenvalue weighted by atomic mass is 31.2. The van der Waals surface area contributed by atoms with Crippen molar-refractivity contribution in [2.24, 2.45) is 16.2 Å². The zero-order chi connectivity index (χ0) is 17.6.